The minimum atomic E-state index is -3.82. The van der Waals surface area contributed by atoms with Crippen molar-refractivity contribution < 1.29 is 18.0 Å². The molecule has 148 valence electrons. The number of hydrogen-bond donors (Lipinski definition) is 3. The molecule has 1 aromatic heterocycles. The summed E-state index contributed by atoms with van der Waals surface area (Å²) in [5.41, 5.74) is 2.10. The first-order chi connectivity index (χ1) is 12.8. The van der Waals surface area contributed by atoms with E-state index in [1.54, 1.807) is 6.07 Å². The minimum Gasteiger partial charge on any atom is -0.351 e. The van der Waals surface area contributed by atoms with Crippen molar-refractivity contribution in [3.05, 3.63) is 17.0 Å². The Labute approximate surface area is 163 Å². The van der Waals surface area contributed by atoms with Crippen molar-refractivity contribution >= 4 is 33.2 Å². The van der Waals surface area contributed by atoms with Gasteiger partial charge in [0.1, 0.15) is 4.21 Å². The molecule has 27 heavy (non-hydrogen) atoms. The molecule has 4 bridgehead atoms. The molecule has 4 fully saturated rings. The Bertz CT molecular complexity index is 826. The summed E-state index contributed by atoms with van der Waals surface area (Å²) in [5.74, 6) is 1.50. The van der Waals surface area contributed by atoms with Crippen LogP contribution in [-0.2, 0) is 26.2 Å². The van der Waals surface area contributed by atoms with Crippen LogP contribution in [0.15, 0.2) is 16.3 Å². The van der Waals surface area contributed by atoms with Gasteiger partial charge >= 0.3 is 0 Å². The van der Waals surface area contributed by atoms with Gasteiger partial charge in [-0.15, -0.1) is 16.2 Å². The summed E-state index contributed by atoms with van der Waals surface area (Å²) >= 11 is 1.08. The predicted octanol–water partition coefficient (Wildman–Crippen LogP) is 1.91. The van der Waals surface area contributed by atoms with Gasteiger partial charge in [0.2, 0.25) is 11.8 Å². The Morgan fingerprint density at radius 1 is 1.11 bits per heavy atom. The van der Waals surface area contributed by atoms with E-state index in [0.29, 0.717) is 17.8 Å². The molecule has 3 N–H and O–H groups in total. The van der Waals surface area contributed by atoms with E-state index in [-0.39, 0.29) is 22.6 Å². The molecule has 1 heterocycles. The Balaban J connectivity index is 1.39. The van der Waals surface area contributed by atoms with Gasteiger partial charge in [-0.3, -0.25) is 15.0 Å². The van der Waals surface area contributed by atoms with Crippen LogP contribution < -0.4 is 15.6 Å². The molecule has 0 aromatic carbocycles. The molecule has 4 aliphatic carbocycles. The standard InChI is InChI=1S/C18H25N3O4S2/c1-11(22)19-10-15-2-3-16(26-15)27(24,25)21-20-17(23)18-7-12-4-13(8-18)6-14(5-12)9-18/h2-3,12-14,21H,4-10H2,1H3,(H,19,22)(H,20,23). The lowest BCUT2D eigenvalue weighted by atomic mass is 9.49. The summed E-state index contributed by atoms with van der Waals surface area (Å²) in [6, 6.07) is 3.15. The molecule has 0 saturated heterocycles. The van der Waals surface area contributed by atoms with Gasteiger partial charge in [0.25, 0.3) is 10.0 Å². The number of nitrogens with one attached hydrogen (secondary N) is 3. The predicted molar refractivity (Wildman–Crippen MR) is 101 cm³/mol. The van der Waals surface area contributed by atoms with Crippen LogP contribution in [0, 0.1) is 23.2 Å². The van der Waals surface area contributed by atoms with Crippen molar-refractivity contribution in [2.45, 2.75) is 56.2 Å². The van der Waals surface area contributed by atoms with Gasteiger partial charge in [0.05, 0.1) is 12.0 Å². The van der Waals surface area contributed by atoms with Crippen LogP contribution >= 0.6 is 11.3 Å². The zero-order valence-corrected chi connectivity index (χ0v) is 16.9. The number of carbonyl (C=O) groups is 2. The molecule has 1 aromatic rings. The summed E-state index contributed by atoms with van der Waals surface area (Å²) < 4.78 is 25.1. The van der Waals surface area contributed by atoms with E-state index >= 15 is 0 Å². The molecule has 0 spiro atoms. The molecule has 0 atom stereocenters. The molecule has 0 unspecified atom stereocenters. The number of hydrazine groups is 1. The number of amides is 2. The fraction of sp³-hybridized carbons (Fsp3) is 0.667. The van der Waals surface area contributed by atoms with Crippen LogP contribution in [0.2, 0.25) is 0 Å². The highest BCUT2D eigenvalue weighted by molar-refractivity contribution is 7.91. The maximum absolute atomic E-state index is 12.9. The number of hydrogen-bond acceptors (Lipinski definition) is 5. The van der Waals surface area contributed by atoms with E-state index in [2.05, 4.69) is 15.6 Å². The average molecular weight is 412 g/mol. The smallest absolute Gasteiger partial charge is 0.266 e. The fourth-order valence-corrected chi connectivity index (χ4v) is 7.63. The third kappa shape index (κ3) is 3.77. The maximum Gasteiger partial charge on any atom is 0.266 e. The van der Waals surface area contributed by atoms with Crippen LogP contribution in [0.3, 0.4) is 0 Å². The highest BCUT2D eigenvalue weighted by Gasteiger charge is 2.54. The molecule has 2 amide bonds. The summed E-state index contributed by atoms with van der Waals surface area (Å²) in [7, 11) is -3.82. The number of rotatable bonds is 6. The van der Waals surface area contributed by atoms with Crippen molar-refractivity contribution in [3.8, 4) is 0 Å². The van der Waals surface area contributed by atoms with Crippen molar-refractivity contribution in [3.63, 3.8) is 0 Å². The molecule has 7 nitrogen and oxygen atoms in total. The normalized spacial score (nSPS) is 31.7. The van der Waals surface area contributed by atoms with Gasteiger partial charge in [-0.05, 0) is 68.4 Å². The summed E-state index contributed by atoms with van der Waals surface area (Å²) in [6.45, 7) is 1.70. The second kappa shape index (κ2) is 6.86. The van der Waals surface area contributed by atoms with Gasteiger partial charge < -0.3 is 5.32 Å². The van der Waals surface area contributed by atoms with Gasteiger partial charge in [0, 0.05) is 11.8 Å². The molecule has 9 heteroatoms. The summed E-state index contributed by atoms with van der Waals surface area (Å²) in [5, 5.41) is 2.64. The van der Waals surface area contributed by atoms with Crippen LogP contribution in [-0.4, -0.2) is 20.2 Å². The fourth-order valence-electron chi connectivity index (χ4n) is 5.49. The molecule has 4 aliphatic rings. The molecule has 0 radical (unpaired) electrons. The van der Waals surface area contributed by atoms with Crippen molar-refractivity contribution in [2.75, 3.05) is 0 Å². The Hall–Kier alpha value is -1.45. The van der Waals surface area contributed by atoms with E-state index in [4.69, 9.17) is 0 Å². The number of carbonyl (C=O) groups excluding carboxylic acids is 2. The minimum absolute atomic E-state index is 0.119. The second-order valence-electron chi connectivity index (χ2n) is 8.39. The van der Waals surface area contributed by atoms with Gasteiger partial charge in [0.15, 0.2) is 0 Å². The first kappa shape index (κ1) is 18.9. The molecular weight excluding hydrogens is 386 g/mol. The van der Waals surface area contributed by atoms with Crippen LogP contribution in [0.4, 0.5) is 0 Å². The highest BCUT2D eigenvalue weighted by Crippen LogP contribution is 2.60. The van der Waals surface area contributed by atoms with E-state index in [0.717, 1.165) is 35.5 Å². The maximum atomic E-state index is 12.9. The first-order valence-corrected chi connectivity index (χ1v) is 11.7. The topological polar surface area (TPSA) is 104 Å². The van der Waals surface area contributed by atoms with Crippen molar-refractivity contribution in [2.24, 2.45) is 23.2 Å². The highest BCUT2D eigenvalue weighted by atomic mass is 32.2. The Morgan fingerprint density at radius 2 is 1.70 bits per heavy atom. The molecule has 4 saturated carbocycles. The first-order valence-electron chi connectivity index (χ1n) is 9.41. The Morgan fingerprint density at radius 3 is 2.26 bits per heavy atom. The van der Waals surface area contributed by atoms with Gasteiger partial charge in [-0.2, -0.15) is 0 Å². The number of thiophene rings is 1. The molecule has 5 rings (SSSR count). The van der Waals surface area contributed by atoms with Crippen LogP contribution in [0.1, 0.15) is 50.3 Å². The molecule has 0 aliphatic heterocycles. The van der Waals surface area contributed by atoms with Gasteiger partial charge in [-0.25, -0.2) is 8.42 Å². The van der Waals surface area contributed by atoms with E-state index in [1.807, 2.05) is 0 Å². The second-order valence-corrected chi connectivity index (χ2v) is 11.5. The van der Waals surface area contributed by atoms with Gasteiger partial charge in [-0.1, -0.05) is 0 Å². The monoisotopic (exact) mass is 411 g/mol. The van der Waals surface area contributed by atoms with E-state index in [1.165, 1.54) is 32.3 Å². The zero-order chi connectivity index (χ0) is 19.2. The quantitative estimate of drug-likeness (QED) is 0.622. The zero-order valence-electron chi connectivity index (χ0n) is 15.3. The largest absolute Gasteiger partial charge is 0.351 e. The lowest BCUT2D eigenvalue weighted by Gasteiger charge is -2.55. The number of sulfonamides is 1. The van der Waals surface area contributed by atoms with Crippen LogP contribution in [0.5, 0.6) is 0 Å². The van der Waals surface area contributed by atoms with E-state index < -0.39 is 15.4 Å². The van der Waals surface area contributed by atoms with Crippen molar-refractivity contribution in [1.29, 1.82) is 0 Å². The van der Waals surface area contributed by atoms with E-state index in [9.17, 15) is 18.0 Å². The van der Waals surface area contributed by atoms with Crippen LogP contribution in [0.25, 0.3) is 0 Å². The lowest BCUT2D eigenvalue weighted by molar-refractivity contribution is -0.146. The average Bonchev–Trinajstić information content (AvgIpc) is 3.06. The third-order valence-electron chi connectivity index (χ3n) is 6.23. The lowest BCUT2D eigenvalue weighted by Crippen LogP contribution is -2.56. The summed E-state index contributed by atoms with van der Waals surface area (Å²) in [6.07, 6.45) is 6.32. The molecular formula is C18H25N3O4S2. The third-order valence-corrected chi connectivity index (χ3v) is 9.06. The SMILES string of the molecule is CC(=O)NCc1ccc(S(=O)(=O)NNC(=O)C23CC4CC(CC(C4)C2)C3)s1. The summed E-state index contributed by atoms with van der Waals surface area (Å²) in [4.78, 5) is 26.9. The Kier molecular flexibility index (Phi) is 4.80. The van der Waals surface area contributed by atoms with Crippen molar-refractivity contribution in [1.82, 2.24) is 15.6 Å².